The number of non-ortho nitro benzene ring substituents is 2. The number of esters is 1. The summed E-state index contributed by atoms with van der Waals surface area (Å²) < 4.78 is 18.7. The van der Waals surface area contributed by atoms with Crippen LogP contribution in [0.2, 0.25) is 0 Å². The summed E-state index contributed by atoms with van der Waals surface area (Å²) in [6, 6.07) is 15.8. The van der Waals surface area contributed by atoms with Gasteiger partial charge >= 0.3 is 5.97 Å². The van der Waals surface area contributed by atoms with Crippen LogP contribution in [0.3, 0.4) is 0 Å². The number of methoxy groups -OCH3 is 2. The summed E-state index contributed by atoms with van der Waals surface area (Å²) in [6.07, 6.45) is 0.448. The number of hydrogen-bond acceptors (Lipinski definition) is 8. The first kappa shape index (κ1) is 27.4. The van der Waals surface area contributed by atoms with Crippen molar-refractivity contribution < 1.29 is 28.9 Å². The number of carbonyl (C=O) groups excluding carboxylic acids is 1. The van der Waals surface area contributed by atoms with Crippen molar-refractivity contribution in [3.63, 3.8) is 0 Å². The maximum Gasteiger partial charge on any atom is 0.355 e. The highest BCUT2D eigenvalue weighted by Crippen LogP contribution is 2.50. The number of aromatic nitrogens is 1. The van der Waals surface area contributed by atoms with Gasteiger partial charge in [0.1, 0.15) is 5.69 Å². The second kappa shape index (κ2) is 10.8. The smallest absolute Gasteiger partial charge is 0.355 e. The lowest BCUT2D eigenvalue weighted by molar-refractivity contribution is -0.385. The molecule has 0 fully saturated rings. The fourth-order valence-corrected chi connectivity index (χ4v) is 5.31. The van der Waals surface area contributed by atoms with Gasteiger partial charge in [-0.05, 0) is 49.1 Å². The predicted molar refractivity (Wildman–Crippen MR) is 151 cm³/mol. The molecular weight excluding hydrogens is 530 g/mol. The van der Waals surface area contributed by atoms with E-state index in [1.165, 1.54) is 44.6 Å². The Kier molecular flexibility index (Phi) is 7.19. The van der Waals surface area contributed by atoms with Crippen LogP contribution in [0.1, 0.15) is 29.9 Å². The molecule has 41 heavy (non-hydrogen) atoms. The SMILES string of the molecule is COC(=O)c1c(-c2cccc([N+](=O)[O-])c2)c(-c2cccc([N+](=O)[O-])c2)c2n1CCc1cc(OC(C)C)c(OC)cc1-2. The van der Waals surface area contributed by atoms with Gasteiger partial charge in [0.25, 0.3) is 11.4 Å². The summed E-state index contributed by atoms with van der Waals surface area (Å²) in [5.41, 5.74) is 3.93. The molecule has 11 nitrogen and oxygen atoms in total. The fraction of sp³-hybridized carbons (Fsp3) is 0.233. The standard InChI is InChI=1S/C30H27N3O8/c1-17(2)41-25-15-18-11-12-31-28(23(18)16-24(25)39-3)26(19-7-5-9-21(13-19)32(35)36)27(29(31)30(34)40-4)20-8-6-10-22(14-20)33(37)38/h5-10,13-17H,11-12H2,1-4H3. The van der Waals surface area contributed by atoms with Gasteiger partial charge in [0.15, 0.2) is 11.5 Å². The average molecular weight is 558 g/mol. The molecule has 0 unspecified atom stereocenters. The number of nitrogens with zero attached hydrogens (tertiary/aromatic N) is 3. The van der Waals surface area contributed by atoms with E-state index in [2.05, 4.69) is 0 Å². The van der Waals surface area contributed by atoms with Crippen molar-refractivity contribution in [3.05, 3.63) is 92.1 Å². The summed E-state index contributed by atoms with van der Waals surface area (Å²) in [5.74, 6) is 0.415. The molecule has 4 aromatic rings. The number of carbonyl (C=O) groups is 1. The lowest BCUT2D eigenvalue weighted by Gasteiger charge is -2.24. The Bertz CT molecular complexity index is 1710. The molecule has 210 valence electrons. The minimum Gasteiger partial charge on any atom is -0.493 e. The molecular formula is C30H27N3O8. The Balaban J connectivity index is 1.93. The number of aryl methyl sites for hydroxylation is 1. The Morgan fingerprint density at radius 1 is 0.878 bits per heavy atom. The molecule has 0 aliphatic carbocycles. The zero-order valence-electron chi connectivity index (χ0n) is 22.9. The topological polar surface area (TPSA) is 136 Å². The summed E-state index contributed by atoms with van der Waals surface area (Å²) in [4.78, 5) is 35.8. The number of fused-ring (bicyclic) bond motifs is 3. The molecule has 1 aliphatic heterocycles. The zero-order chi connectivity index (χ0) is 29.4. The van der Waals surface area contributed by atoms with Gasteiger partial charge in [0, 0.05) is 47.5 Å². The van der Waals surface area contributed by atoms with Crippen LogP contribution in [-0.4, -0.2) is 40.7 Å². The van der Waals surface area contributed by atoms with Crippen molar-refractivity contribution in [2.24, 2.45) is 0 Å². The van der Waals surface area contributed by atoms with Crippen LogP contribution < -0.4 is 9.47 Å². The average Bonchev–Trinajstić information content (AvgIpc) is 3.32. The number of rotatable bonds is 8. The maximum atomic E-state index is 13.4. The summed E-state index contributed by atoms with van der Waals surface area (Å²) >= 11 is 0. The van der Waals surface area contributed by atoms with Crippen LogP contribution in [0.4, 0.5) is 11.4 Å². The minimum atomic E-state index is -0.639. The molecule has 2 heterocycles. The summed E-state index contributed by atoms with van der Waals surface area (Å²) in [5, 5.41) is 23.4. The van der Waals surface area contributed by atoms with Crippen LogP contribution in [0.25, 0.3) is 33.5 Å². The Labute approximate surface area is 235 Å². The molecule has 3 aromatic carbocycles. The summed E-state index contributed by atoms with van der Waals surface area (Å²) in [7, 11) is 2.80. The molecule has 0 bridgehead atoms. The van der Waals surface area contributed by atoms with Gasteiger partial charge in [0.2, 0.25) is 0 Å². The number of ether oxygens (including phenoxy) is 3. The molecule has 0 amide bonds. The molecule has 1 aliphatic rings. The van der Waals surface area contributed by atoms with Gasteiger partial charge in [0.05, 0.1) is 35.9 Å². The van der Waals surface area contributed by atoms with Crippen molar-refractivity contribution in [1.29, 1.82) is 0 Å². The van der Waals surface area contributed by atoms with Gasteiger partial charge in [-0.15, -0.1) is 0 Å². The number of hydrogen-bond donors (Lipinski definition) is 0. The quantitative estimate of drug-likeness (QED) is 0.137. The van der Waals surface area contributed by atoms with Crippen molar-refractivity contribution in [3.8, 4) is 45.0 Å². The molecule has 0 radical (unpaired) electrons. The lowest BCUT2D eigenvalue weighted by atomic mass is 9.89. The van der Waals surface area contributed by atoms with E-state index in [1.54, 1.807) is 18.2 Å². The first-order valence-corrected chi connectivity index (χ1v) is 12.9. The predicted octanol–water partition coefficient (Wildman–Crippen LogP) is 6.44. The first-order chi connectivity index (χ1) is 19.6. The number of benzene rings is 3. The molecule has 0 atom stereocenters. The third kappa shape index (κ3) is 4.86. The second-order valence-electron chi connectivity index (χ2n) is 9.78. The highest BCUT2D eigenvalue weighted by Gasteiger charge is 2.34. The normalized spacial score (nSPS) is 11.9. The Hall–Kier alpha value is -5.19. The Morgan fingerprint density at radius 2 is 1.49 bits per heavy atom. The van der Waals surface area contributed by atoms with Crippen LogP contribution in [0, 0.1) is 20.2 Å². The van der Waals surface area contributed by atoms with Gasteiger partial charge in [-0.1, -0.05) is 24.3 Å². The first-order valence-electron chi connectivity index (χ1n) is 12.9. The van der Waals surface area contributed by atoms with Crippen molar-refractivity contribution in [2.45, 2.75) is 32.9 Å². The number of nitro benzene ring substituents is 2. The Morgan fingerprint density at radius 3 is 2.02 bits per heavy atom. The molecule has 0 N–H and O–H groups in total. The second-order valence-corrected chi connectivity index (χ2v) is 9.78. The van der Waals surface area contributed by atoms with Gasteiger partial charge in [-0.25, -0.2) is 4.79 Å². The fourth-order valence-electron chi connectivity index (χ4n) is 5.31. The van der Waals surface area contributed by atoms with E-state index in [0.29, 0.717) is 52.4 Å². The largest absolute Gasteiger partial charge is 0.493 e. The van der Waals surface area contributed by atoms with E-state index in [-0.39, 0.29) is 23.2 Å². The van der Waals surface area contributed by atoms with Crippen LogP contribution in [0.5, 0.6) is 11.5 Å². The molecule has 0 spiro atoms. The lowest BCUT2D eigenvalue weighted by Crippen LogP contribution is -2.18. The summed E-state index contributed by atoms with van der Waals surface area (Å²) in [6.45, 7) is 4.22. The van der Waals surface area contributed by atoms with Crippen molar-refractivity contribution in [2.75, 3.05) is 14.2 Å². The van der Waals surface area contributed by atoms with Crippen LogP contribution in [0.15, 0.2) is 60.7 Å². The highest BCUT2D eigenvalue weighted by atomic mass is 16.6. The van der Waals surface area contributed by atoms with E-state index in [9.17, 15) is 25.0 Å². The molecule has 5 rings (SSSR count). The van der Waals surface area contributed by atoms with E-state index < -0.39 is 15.8 Å². The molecule has 1 aromatic heterocycles. The maximum absolute atomic E-state index is 13.4. The monoisotopic (exact) mass is 557 g/mol. The molecule has 0 saturated heterocycles. The zero-order valence-corrected chi connectivity index (χ0v) is 22.9. The van der Waals surface area contributed by atoms with Gasteiger partial charge < -0.3 is 18.8 Å². The van der Waals surface area contributed by atoms with Crippen molar-refractivity contribution in [1.82, 2.24) is 4.57 Å². The van der Waals surface area contributed by atoms with Gasteiger partial charge in [-0.2, -0.15) is 0 Å². The van der Waals surface area contributed by atoms with Crippen LogP contribution >= 0.6 is 0 Å². The number of nitro groups is 2. The minimum absolute atomic E-state index is 0.0961. The van der Waals surface area contributed by atoms with E-state index >= 15 is 0 Å². The van der Waals surface area contributed by atoms with Crippen molar-refractivity contribution >= 4 is 17.3 Å². The van der Waals surface area contributed by atoms with Crippen LogP contribution in [-0.2, 0) is 17.7 Å². The van der Waals surface area contributed by atoms with E-state index in [4.69, 9.17) is 14.2 Å². The highest BCUT2D eigenvalue weighted by molar-refractivity contribution is 6.07. The van der Waals surface area contributed by atoms with Gasteiger partial charge in [-0.3, -0.25) is 20.2 Å². The third-order valence-corrected chi connectivity index (χ3v) is 6.95. The molecule has 11 heteroatoms. The van der Waals surface area contributed by atoms with E-state index in [1.807, 2.05) is 30.5 Å². The van der Waals surface area contributed by atoms with E-state index in [0.717, 1.165) is 11.1 Å². The molecule has 0 saturated carbocycles. The third-order valence-electron chi connectivity index (χ3n) is 6.95.